The number of carboxylic acids is 1. The quantitative estimate of drug-likeness (QED) is 0.856. The predicted octanol–water partition coefficient (Wildman–Crippen LogP) is 3.32. The van der Waals surface area contributed by atoms with Gasteiger partial charge in [0.05, 0.1) is 0 Å². The molecule has 2 aromatic carbocycles. The molecule has 0 fully saturated rings. The number of hydrogen-bond acceptors (Lipinski definition) is 3. The molecular weight excluding hydrogens is 272 g/mol. The zero-order valence-corrected chi connectivity index (χ0v) is 11.7. The van der Waals surface area contributed by atoms with Crippen molar-refractivity contribution in [2.75, 3.05) is 0 Å². The third-order valence-electron chi connectivity index (χ3n) is 2.90. The lowest BCUT2D eigenvalue weighted by Crippen LogP contribution is -2.19. The van der Waals surface area contributed by atoms with E-state index in [2.05, 4.69) is 0 Å². The van der Waals surface area contributed by atoms with Gasteiger partial charge in [-0.15, -0.1) is 11.8 Å². The number of benzene rings is 2. The van der Waals surface area contributed by atoms with Crippen LogP contribution in [-0.4, -0.2) is 21.4 Å². The van der Waals surface area contributed by atoms with Crippen LogP contribution in [0.1, 0.15) is 11.1 Å². The highest BCUT2D eigenvalue weighted by Crippen LogP contribution is 2.23. The van der Waals surface area contributed by atoms with Crippen LogP contribution in [0.25, 0.3) is 0 Å². The van der Waals surface area contributed by atoms with Crippen LogP contribution in [0.4, 0.5) is 0 Å². The third kappa shape index (κ3) is 4.31. The van der Waals surface area contributed by atoms with Crippen molar-refractivity contribution >= 4 is 17.7 Å². The van der Waals surface area contributed by atoms with Gasteiger partial charge in [0.1, 0.15) is 11.0 Å². The molecule has 0 aliphatic carbocycles. The maximum absolute atomic E-state index is 11.3. The van der Waals surface area contributed by atoms with Crippen LogP contribution in [0, 0.1) is 0 Å². The van der Waals surface area contributed by atoms with Gasteiger partial charge in [-0.1, -0.05) is 42.5 Å². The van der Waals surface area contributed by atoms with Gasteiger partial charge in [-0.05, 0) is 29.7 Å². The Kier molecular flexibility index (Phi) is 5.07. The van der Waals surface area contributed by atoms with Crippen LogP contribution in [-0.2, 0) is 17.0 Å². The van der Waals surface area contributed by atoms with Crippen molar-refractivity contribution in [3.05, 3.63) is 65.7 Å². The van der Waals surface area contributed by atoms with Crippen molar-refractivity contribution in [2.45, 2.75) is 17.4 Å². The molecule has 0 aliphatic heterocycles. The average molecular weight is 288 g/mol. The summed E-state index contributed by atoms with van der Waals surface area (Å²) in [6, 6.07) is 16.5. The smallest absolute Gasteiger partial charge is 0.316 e. The Hall–Kier alpha value is -1.94. The Balaban J connectivity index is 1.98. The Bertz CT molecular complexity index is 569. The molecule has 2 rings (SSSR count). The largest absolute Gasteiger partial charge is 0.508 e. The van der Waals surface area contributed by atoms with Gasteiger partial charge in [0.25, 0.3) is 0 Å². The summed E-state index contributed by atoms with van der Waals surface area (Å²) in [6.07, 6.45) is 0.500. The van der Waals surface area contributed by atoms with Crippen LogP contribution in [0.3, 0.4) is 0 Å². The highest BCUT2D eigenvalue weighted by molar-refractivity contribution is 7.99. The fraction of sp³-hybridized carbons (Fsp3) is 0.188. The van der Waals surface area contributed by atoms with Gasteiger partial charge in [-0.3, -0.25) is 4.79 Å². The van der Waals surface area contributed by atoms with E-state index in [1.165, 1.54) is 11.8 Å². The maximum Gasteiger partial charge on any atom is 0.316 e. The standard InChI is InChI=1S/C16H16O3S/c17-14-8-4-7-13(9-14)11-20-15(16(18)19)10-12-5-2-1-3-6-12/h1-9,15,17H,10-11H2,(H,18,19). The minimum Gasteiger partial charge on any atom is -0.508 e. The summed E-state index contributed by atoms with van der Waals surface area (Å²) in [5.41, 5.74) is 1.94. The molecule has 2 aromatic rings. The molecule has 0 spiro atoms. The van der Waals surface area contributed by atoms with E-state index in [1.807, 2.05) is 36.4 Å². The molecule has 0 amide bonds. The Labute approximate surface area is 122 Å². The summed E-state index contributed by atoms with van der Waals surface area (Å²) in [4.78, 5) is 11.3. The first-order valence-corrected chi connectivity index (χ1v) is 7.36. The third-order valence-corrected chi connectivity index (χ3v) is 4.17. The normalized spacial score (nSPS) is 12.0. The summed E-state index contributed by atoms with van der Waals surface area (Å²) >= 11 is 1.38. The molecule has 0 saturated carbocycles. The predicted molar refractivity (Wildman–Crippen MR) is 81.0 cm³/mol. The maximum atomic E-state index is 11.3. The molecule has 104 valence electrons. The van der Waals surface area contributed by atoms with Gasteiger partial charge in [0, 0.05) is 5.75 Å². The summed E-state index contributed by atoms with van der Waals surface area (Å²) in [5, 5.41) is 18.2. The van der Waals surface area contributed by atoms with Crippen molar-refractivity contribution in [3.63, 3.8) is 0 Å². The van der Waals surface area contributed by atoms with Crippen LogP contribution in [0.15, 0.2) is 54.6 Å². The molecule has 2 N–H and O–H groups in total. The zero-order chi connectivity index (χ0) is 14.4. The minimum atomic E-state index is -0.806. The molecule has 3 nitrogen and oxygen atoms in total. The number of aromatic hydroxyl groups is 1. The molecule has 0 aromatic heterocycles. The molecule has 4 heteroatoms. The fourth-order valence-electron chi connectivity index (χ4n) is 1.89. The number of phenols is 1. The fourth-order valence-corrected chi connectivity index (χ4v) is 2.91. The van der Waals surface area contributed by atoms with Crippen molar-refractivity contribution < 1.29 is 15.0 Å². The van der Waals surface area contributed by atoms with Gasteiger partial charge in [0.2, 0.25) is 0 Å². The average Bonchev–Trinajstić information content (AvgIpc) is 2.44. The molecule has 1 unspecified atom stereocenters. The Morgan fingerprint density at radius 1 is 1.05 bits per heavy atom. The first-order valence-electron chi connectivity index (χ1n) is 6.31. The van der Waals surface area contributed by atoms with E-state index in [9.17, 15) is 15.0 Å². The highest BCUT2D eigenvalue weighted by Gasteiger charge is 2.18. The SMILES string of the molecule is O=C(O)C(Cc1ccccc1)SCc1cccc(O)c1. The lowest BCUT2D eigenvalue weighted by atomic mass is 10.1. The van der Waals surface area contributed by atoms with Crippen LogP contribution >= 0.6 is 11.8 Å². The van der Waals surface area contributed by atoms with Crippen LogP contribution in [0.5, 0.6) is 5.75 Å². The number of aliphatic carboxylic acids is 1. The lowest BCUT2D eigenvalue weighted by molar-refractivity contribution is -0.136. The number of thioether (sulfide) groups is 1. The van der Waals surface area contributed by atoms with Gasteiger partial charge in [0.15, 0.2) is 0 Å². The van der Waals surface area contributed by atoms with Crippen molar-refractivity contribution in [1.29, 1.82) is 0 Å². The topological polar surface area (TPSA) is 57.5 Å². The molecule has 0 bridgehead atoms. The second-order valence-electron chi connectivity index (χ2n) is 4.50. The summed E-state index contributed by atoms with van der Waals surface area (Å²) in [5.74, 6) is -0.0323. The Morgan fingerprint density at radius 2 is 1.75 bits per heavy atom. The van der Waals surface area contributed by atoms with E-state index in [0.717, 1.165) is 11.1 Å². The number of carboxylic acid groups (broad SMARTS) is 1. The monoisotopic (exact) mass is 288 g/mol. The van der Waals surface area contributed by atoms with Gasteiger partial charge < -0.3 is 10.2 Å². The van der Waals surface area contributed by atoms with Crippen molar-refractivity contribution in [1.82, 2.24) is 0 Å². The van der Waals surface area contributed by atoms with Crippen molar-refractivity contribution in [2.24, 2.45) is 0 Å². The zero-order valence-electron chi connectivity index (χ0n) is 10.9. The molecule has 0 radical (unpaired) electrons. The number of carbonyl (C=O) groups is 1. The summed E-state index contributed by atoms with van der Waals surface area (Å²) in [6.45, 7) is 0. The van der Waals surface area contributed by atoms with E-state index in [4.69, 9.17) is 0 Å². The molecule has 0 heterocycles. The first kappa shape index (κ1) is 14.5. The first-order chi connectivity index (χ1) is 9.65. The second-order valence-corrected chi connectivity index (χ2v) is 5.69. The Morgan fingerprint density at radius 3 is 2.40 bits per heavy atom. The minimum absolute atomic E-state index is 0.207. The molecule has 0 saturated heterocycles. The second kappa shape index (κ2) is 7.01. The van der Waals surface area contributed by atoms with E-state index in [-0.39, 0.29) is 5.75 Å². The molecular formula is C16H16O3S. The van der Waals surface area contributed by atoms with Gasteiger partial charge in [-0.2, -0.15) is 0 Å². The molecule has 0 aliphatic rings. The summed E-state index contributed by atoms with van der Waals surface area (Å²) < 4.78 is 0. The number of phenolic OH excluding ortho intramolecular Hbond substituents is 1. The van der Waals surface area contributed by atoms with E-state index >= 15 is 0 Å². The van der Waals surface area contributed by atoms with E-state index in [1.54, 1.807) is 18.2 Å². The van der Waals surface area contributed by atoms with Gasteiger partial charge in [-0.25, -0.2) is 0 Å². The highest BCUT2D eigenvalue weighted by atomic mass is 32.2. The number of rotatable bonds is 6. The van der Waals surface area contributed by atoms with E-state index < -0.39 is 11.2 Å². The molecule has 1 atom stereocenters. The summed E-state index contributed by atoms with van der Waals surface area (Å²) in [7, 11) is 0. The van der Waals surface area contributed by atoms with Gasteiger partial charge >= 0.3 is 5.97 Å². The number of hydrogen-bond donors (Lipinski definition) is 2. The van der Waals surface area contributed by atoms with Crippen LogP contribution in [0.2, 0.25) is 0 Å². The lowest BCUT2D eigenvalue weighted by Gasteiger charge is -2.12. The van der Waals surface area contributed by atoms with Crippen LogP contribution < -0.4 is 0 Å². The van der Waals surface area contributed by atoms with E-state index in [0.29, 0.717) is 12.2 Å². The molecule has 20 heavy (non-hydrogen) atoms. The van der Waals surface area contributed by atoms with Crippen molar-refractivity contribution in [3.8, 4) is 5.75 Å².